The van der Waals surface area contributed by atoms with Crippen molar-refractivity contribution in [3.63, 3.8) is 0 Å². The Hall–Kier alpha value is -1.06. The van der Waals surface area contributed by atoms with Crippen LogP contribution in [0.2, 0.25) is 0 Å². The van der Waals surface area contributed by atoms with Crippen molar-refractivity contribution in [2.75, 3.05) is 0 Å². The Morgan fingerprint density at radius 1 is 1.38 bits per heavy atom. The van der Waals surface area contributed by atoms with Crippen LogP contribution in [0, 0.1) is 0 Å². The SMILES string of the molecule is CCC(NC(=O)C(C)N)c1ccccc1.Cl. The highest BCUT2D eigenvalue weighted by atomic mass is 35.5. The van der Waals surface area contributed by atoms with Crippen LogP contribution in [0.3, 0.4) is 0 Å². The van der Waals surface area contributed by atoms with Gasteiger partial charge in [0.25, 0.3) is 0 Å². The fourth-order valence-corrected chi connectivity index (χ4v) is 1.41. The average molecular weight is 243 g/mol. The molecular formula is C12H19ClN2O. The number of hydrogen-bond donors (Lipinski definition) is 2. The molecule has 4 heteroatoms. The van der Waals surface area contributed by atoms with Crippen molar-refractivity contribution in [2.45, 2.75) is 32.4 Å². The maximum atomic E-state index is 11.4. The van der Waals surface area contributed by atoms with Crippen molar-refractivity contribution in [3.8, 4) is 0 Å². The van der Waals surface area contributed by atoms with Gasteiger partial charge in [-0.25, -0.2) is 0 Å². The molecule has 0 aliphatic heterocycles. The lowest BCUT2D eigenvalue weighted by Crippen LogP contribution is -2.40. The molecule has 0 aromatic heterocycles. The third kappa shape index (κ3) is 4.21. The molecule has 0 spiro atoms. The second-order valence-electron chi connectivity index (χ2n) is 3.67. The van der Waals surface area contributed by atoms with Gasteiger partial charge in [-0.15, -0.1) is 12.4 Å². The minimum Gasteiger partial charge on any atom is -0.348 e. The van der Waals surface area contributed by atoms with Crippen molar-refractivity contribution in [1.82, 2.24) is 5.32 Å². The quantitative estimate of drug-likeness (QED) is 0.849. The summed E-state index contributed by atoms with van der Waals surface area (Å²) >= 11 is 0. The van der Waals surface area contributed by atoms with Gasteiger partial charge in [0.1, 0.15) is 0 Å². The third-order valence-corrected chi connectivity index (χ3v) is 2.34. The predicted octanol–water partition coefficient (Wildman–Crippen LogP) is 2.02. The first-order chi connectivity index (χ1) is 7.15. The molecule has 0 bridgehead atoms. The van der Waals surface area contributed by atoms with E-state index in [9.17, 15) is 4.79 Å². The van der Waals surface area contributed by atoms with Gasteiger partial charge in [-0.3, -0.25) is 4.79 Å². The second kappa shape index (κ2) is 7.25. The van der Waals surface area contributed by atoms with E-state index < -0.39 is 6.04 Å². The molecule has 1 aromatic carbocycles. The summed E-state index contributed by atoms with van der Waals surface area (Å²) < 4.78 is 0. The Morgan fingerprint density at radius 2 is 1.94 bits per heavy atom. The van der Waals surface area contributed by atoms with Crippen molar-refractivity contribution in [3.05, 3.63) is 35.9 Å². The maximum absolute atomic E-state index is 11.4. The van der Waals surface area contributed by atoms with Crippen molar-refractivity contribution in [2.24, 2.45) is 5.73 Å². The van der Waals surface area contributed by atoms with E-state index in [1.54, 1.807) is 6.92 Å². The van der Waals surface area contributed by atoms with Crippen LogP contribution in [0.4, 0.5) is 0 Å². The molecule has 1 aromatic rings. The molecule has 2 unspecified atom stereocenters. The van der Waals surface area contributed by atoms with Crippen LogP contribution in [0.15, 0.2) is 30.3 Å². The molecule has 0 heterocycles. The molecule has 1 rings (SSSR count). The van der Waals surface area contributed by atoms with Crippen LogP contribution in [0.1, 0.15) is 31.9 Å². The molecule has 0 aliphatic rings. The Bertz CT molecular complexity index is 314. The number of nitrogens with two attached hydrogens (primary N) is 1. The van der Waals surface area contributed by atoms with Crippen molar-refractivity contribution in [1.29, 1.82) is 0 Å². The smallest absolute Gasteiger partial charge is 0.237 e. The van der Waals surface area contributed by atoms with Crippen LogP contribution in [0.5, 0.6) is 0 Å². The molecule has 90 valence electrons. The molecule has 16 heavy (non-hydrogen) atoms. The first-order valence-electron chi connectivity index (χ1n) is 5.26. The molecular weight excluding hydrogens is 224 g/mol. The normalized spacial score (nSPS) is 13.4. The highest BCUT2D eigenvalue weighted by Crippen LogP contribution is 2.15. The lowest BCUT2D eigenvalue weighted by Gasteiger charge is -2.18. The van der Waals surface area contributed by atoms with Gasteiger partial charge in [-0.2, -0.15) is 0 Å². The number of nitrogens with one attached hydrogen (secondary N) is 1. The molecule has 0 fully saturated rings. The van der Waals surface area contributed by atoms with Crippen LogP contribution in [0.25, 0.3) is 0 Å². The summed E-state index contributed by atoms with van der Waals surface area (Å²) in [6.07, 6.45) is 0.864. The molecule has 0 aliphatic carbocycles. The standard InChI is InChI=1S/C12H18N2O.ClH/c1-3-11(14-12(15)9(2)13)10-7-5-4-6-8-10;/h4-9,11H,3,13H2,1-2H3,(H,14,15);1H. The number of benzene rings is 1. The Kier molecular flexibility index (Phi) is 6.77. The number of halogens is 1. The van der Waals surface area contributed by atoms with Gasteiger partial charge in [0.2, 0.25) is 5.91 Å². The lowest BCUT2D eigenvalue weighted by molar-refractivity contribution is -0.122. The predicted molar refractivity (Wildman–Crippen MR) is 68.5 cm³/mol. The Labute approximate surface area is 103 Å². The van der Waals surface area contributed by atoms with E-state index in [0.29, 0.717) is 0 Å². The van der Waals surface area contributed by atoms with E-state index in [2.05, 4.69) is 5.32 Å². The van der Waals surface area contributed by atoms with Gasteiger partial charge in [0, 0.05) is 0 Å². The summed E-state index contributed by atoms with van der Waals surface area (Å²) in [5, 5.41) is 2.92. The summed E-state index contributed by atoms with van der Waals surface area (Å²) in [4.78, 5) is 11.4. The summed E-state index contributed by atoms with van der Waals surface area (Å²) in [5.41, 5.74) is 6.62. The minimum absolute atomic E-state index is 0. The first-order valence-corrected chi connectivity index (χ1v) is 5.26. The maximum Gasteiger partial charge on any atom is 0.237 e. The molecule has 0 radical (unpaired) electrons. The number of carbonyl (C=O) groups excluding carboxylic acids is 1. The first kappa shape index (κ1) is 14.9. The van der Waals surface area contributed by atoms with E-state index in [4.69, 9.17) is 5.73 Å². The number of amides is 1. The van der Waals surface area contributed by atoms with Gasteiger partial charge in [0.05, 0.1) is 12.1 Å². The molecule has 2 atom stereocenters. The van der Waals surface area contributed by atoms with Crippen molar-refractivity contribution < 1.29 is 4.79 Å². The fraction of sp³-hybridized carbons (Fsp3) is 0.417. The zero-order chi connectivity index (χ0) is 11.3. The molecule has 0 saturated carbocycles. The topological polar surface area (TPSA) is 55.1 Å². The van der Waals surface area contributed by atoms with Gasteiger partial charge in [0.15, 0.2) is 0 Å². The lowest BCUT2D eigenvalue weighted by atomic mass is 10.0. The zero-order valence-corrected chi connectivity index (χ0v) is 10.5. The van der Waals surface area contributed by atoms with Gasteiger partial charge in [-0.05, 0) is 18.9 Å². The average Bonchev–Trinajstić information content (AvgIpc) is 2.26. The van der Waals surface area contributed by atoms with Crippen LogP contribution >= 0.6 is 12.4 Å². The summed E-state index contributed by atoms with van der Waals surface area (Å²) in [6.45, 7) is 3.73. The minimum atomic E-state index is -0.456. The van der Waals surface area contributed by atoms with Crippen LogP contribution < -0.4 is 11.1 Å². The van der Waals surface area contributed by atoms with Gasteiger partial charge in [-0.1, -0.05) is 37.3 Å². The monoisotopic (exact) mass is 242 g/mol. The molecule has 1 amide bonds. The third-order valence-electron chi connectivity index (χ3n) is 2.34. The zero-order valence-electron chi connectivity index (χ0n) is 9.64. The largest absolute Gasteiger partial charge is 0.348 e. The number of hydrogen-bond acceptors (Lipinski definition) is 2. The molecule has 0 saturated heterocycles. The number of carbonyl (C=O) groups is 1. The second-order valence-corrected chi connectivity index (χ2v) is 3.67. The van der Waals surface area contributed by atoms with E-state index >= 15 is 0 Å². The van der Waals surface area contributed by atoms with E-state index in [-0.39, 0.29) is 24.4 Å². The van der Waals surface area contributed by atoms with E-state index in [0.717, 1.165) is 12.0 Å². The molecule has 3 N–H and O–H groups in total. The Balaban J connectivity index is 0.00000225. The highest BCUT2D eigenvalue weighted by Gasteiger charge is 2.14. The number of rotatable bonds is 4. The van der Waals surface area contributed by atoms with Gasteiger partial charge >= 0.3 is 0 Å². The molecule has 3 nitrogen and oxygen atoms in total. The Morgan fingerprint density at radius 3 is 2.38 bits per heavy atom. The van der Waals surface area contributed by atoms with Crippen molar-refractivity contribution >= 4 is 18.3 Å². The van der Waals surface area contributed by atoms with Gasteiger partial charge < -0.3 is 11.1 Å². The van der Waals surface area contributed by atoms with E-state index in [1.165, 1.54) is 0 Å². The van der Waals surface area contributed by atoms with Crippen LogP contribution in [-0.2, 0) is 4.79 Å². The summed E-state index contributed by atoms with van der Waals surface area (Å²) in [5.74, 6) is -0.106. The summed E-state index contributed by atoms with van der Waals surface area (Å²) in [6, 6.07) is 9.52. The fourth-order valence-electron chi connectivity index (χ4n) is 1.41. The highest BCUT2D eigenvalue weighted by molar-refractivity contribution is 5.85. The summed E-state index contributed by atoms with van der Waals surface area (Å²) in [7, 11) is 0. The van der Waals surface area contributed by atoms with E-state index in [1.807, 2.05) is 37.3 Å². The van der Waals surface area contributed by atoms with Crippen LogP contribution in [-0.4, -0.2) is 11.9 Å².